The Morgan fingerprint density at radius 3 is 2.47 bits per heavy atom. The van der Waals surface area contributed by atoms with Crippen LogP contribution in [0, 0.1) is 5.92 Å². The predicted molar refractivity (Wildman–Crippen MR) is 76.2 cm³/mol. The lowest BCUT2D eigenvalue weighted by Gasteiger charge is -2.28. The average molecular weight is 240 g/mol. The van der Waals surface area contributed by atoms with Crippen molar-refractivity contribution < 1.29 is 0 Å². The molecule has 1 aliphatic carbocycles. The zero-order valence-electron chi connectivity index (χ0n) is 11.7. The molecule has 0 saturated heterocycles. The minimum absolute atomic E-state index is 0.459. The van der Waals surface area contributed by atoms with Gasteiger partial charge in [0.05, 0.1) is 0 Å². The van der Waals surface area contributed by atoms with Crippen molar-refractivity contribution in [3.05, 3.63) is 0 Å². The molecule has 0 aromatic carbocycles. The lowest BCUT2D eigenvalue weighted by Crippen LogP contribution is -2.39. The Hall–Kier alpha value is -0.0800. The molecule has 0 radical (unpaired) electrons. The van der Waals surface area contributed by atoms with Gasteiger partial charge in [-0.1, -0.05) is 51.9 Å². The van der Waals surface area contributed by atoms with Crippen molar-refractivity contribution in [2.75, 3.05) is 13.1 Å². The highest BCUT2D eigenvalue weighted by Gasteiger charge is 2.20. The van der Waals surface area contributed by atoms with Gasteiger partial charge in [0.15, 0.2) is 0 Å². The molecule has 2 atom stereocenters. The molecule has 1 fully saturated rings. The summed E-state index contributed by atoms with van der Waals surface area (Å²) in [6.45, 7) is 4.61. The van der Waals surface area contributed by atoms with Crippen LogP contribution in [0.5, 0.6) is 0 Å². The molecule has 102 valence electrons. The van der Waals surface area contributed by atoms with Gasteiger partial charge in [-0.25, -0.2) is 0 Å². The summed E-state index contributed by atoms with van der Waals surface area (Å²) < 4.78 is 0. The van der Waals surface area contributed by atoms with Crippen LogP contribution in [0.1, 0.15) is 71.1 Å². The molecule has 2 nitrogen and oxygen atoms in total. The highest BCUT2D eigenvalue weighted by molar-refractivity contribution is 4.79. The van der Waals surface area contributed by atoms with Crippen LogP contribution in [0.4, 0.5) is 0 Å². The highest BCUT2D eigenvalue weighted by atomic mass is 14.9. The fourth-order valence-electron chi connectivity index (χ4n) is 2.81. The van der Waals surface area contributed by atoms with E-state index < -0.39 is 0 Å². The third kappa shape index (κ3) is 7.05. The smallest absolute Gasteiger partial charge is 0.00792 e. The van der Waals surface area contributed by atoms with Gasteiger partial charge in [0.2, 0.25) is 0 Å². The Balaban J connectivity index is 1.86. The molecule has 2 unspecified atom stereocenters. The second-order valence-electron chi connectivity index (χ2n) is 5.68. The number of rotatable bonds is 9. The lowest BCUT2D eigenvalue weighted by molar-refractivity contribution is 0.296. The van der Waals surface area contributed by atoms with Gasteiger partial charge in [-0.2, -0.15) is 0 Å². The molecule has 0 aromatic heterocycles. The molecular weight excluding hydrogens is 208 g/mol. The summed E-state index contributed by atoms with van der Waals surface area (Å²) in [5, 5.41) is 3.60. The van der Waals surface area contributed by atoms with Crippen LogP contribution in [-0.2, 0) is 0 Å². The van der Waals surface area contributed by atoms with Crippen LogP contribution >= 0.6 is 0 Å². The topological polar surface area (TPSA) is 38.0 Å². The number of nitrogens with two attached hydrogens (primary N) is 1. The van der Waals surface area contributed by atoms with Crippen molar-refractivity contribution in [1.29, 1.82) is 0 Å². The van der Waals surface area contributed by atoms with Crippen LogP contribution in [0.25, 0.3) is 0 Å². The fourth-order valence-corrected chi connectivity index (χ4v) is 2.81. The van der Waals surface area contributed by atoms with E-state index in [4.69, 9.17) is 5.73 Å². The Morgan fingerprint density at radius 1 is 1.00 bits per heavy atom. The summed E-state index contributed by atoms with van der Waals surface area (Å²) in [5.74, 6) is 0.740. The first-order chi connectivity index (χ1) is 8.34. The zero-order chi connectivity index (χ0) is 12.3. The second-order valence-corrected chi connectivity index (χ2v) is 5.68. The summed E-state index contributed by atoms with van der Waals surface area (Å²) in [7, 11) is 0. The predicted octanol–water partition coefficient (Wildman–Crippen LogP) is 3.45. The van der Waals surface area contributed by atoms with Crippen LogP contribution < -0.4 is 11.1 Å². The molecule has 1 aliphatic rings. The minimum atomic E-state index is 0.459. The maximum absolute atomic E-state index is 6.13. The van der Waals surface area contributed by atoms with Crippen LogP contribution in [-0.4, -0.2) is 19.1 Å². The number of unbranched alkanes of at least 4 members (excludes halogenated alkanes) is 5. The van der Waals surface area contributed by atoms with Gasteiger partial charge in [-0.15, -0.1) is 0 Å². The average Bonchev–Trinajstić information content (AvgIpc) is 2.35. The van der Waals surface area contributed by atoms with Gasteiger partial charge in [0, 0.05) is 6.04 Å². The molecule has 1 saturated carbocycles. The molecule has 3 N–H and O–H groups in total. The van der Waals surface area contributed by atoms with Crippen molar-refractivity contribution in [1.82, 2.24) is 5.32 Å². The van der Waals surface area contributed by atoms with Gasteiger partial charge in [0.1, 0.15) is 0 Å². The standard InChI is InChI=1S/C15H32N2/c1-2-3-4-5-6-9-12-17-13-14-10-7-8-11-15(14)16/h14-15,17H,2-13,16H2,1H3. The zero-order valence-corrected chi connectivity index (χ0v) is 11.7. The van der Waals surface area contributed by atoms with Crippen molar-refractivity contribution >= 4 is 0 Å². The first-order valence-electron chi connectivity index (χ1n) is 7.81. The lowest BCUT2D eigenvalue weighted by atomic mass is 9.85. The Morgan fingerprint density at radius 2 is 1.71 bits per heavy atom. The van der Waals surface area contributed by atoms with Gasteiger partial charge < -0.3 is 11.1 Å². The number of hydrogen-bond acceptors (Lipinski definition) is 2. The molecular formula is C15H32N2. The molecule has 0 aliphatic heterocycles. The molecule has 0 spiro atoms. The monoisotopic (exact) mass is 240 g/mol. The molecule has 0 amide bonds. The maximum Gasteiger partial charge on any atom is 0.00792 e. The summed E-state index contributed by atoms with van der Waals surface area (Å²) >= 11 is 0. The van der Waals surface area contributed by atoms with E-state index >= 15 is 0 Å². The van der Waals surface area contributed by atoms with Gasteiger partial charge in [0.25, 0.3) is 0 Å². The Kier molecular flexibility index (Phi) is 8.72. The molecule has 17 heavy (non-hydrogen) atoms. The SMILES string of the molecule is CCCCCCCCNCC1CCCCC1N. The normalized spacial score (nSPS) is 25.1. The van der Waals surface area contributed by atoms with E-state index in [0.29, 0.717) is 6.04 Å². The summed E-state index contributed by atoms with van der Waals surface area (Å²) in [5.41, 5.74) is 6.13. The van der Waals surface area contributed by atoms with E-state index in [1.807, 2.05) is 0 Å². The third-order valence-corrected chi connectivity index (χ3v) is 4.08. The molecule has 0 bridgehead atoms. The fraction of sp³-hybridized carbons (Fsp3) is 1.00. The first kappa shape index (κ1) is 15.0. The van der Waals surface area contributed by atoms with Crippen molar-refractivity contribution in [2.24, 2.45) is 11.7 Å². The Labute approximate surface area is 108 Å². The van der Waals surface area contributed by atoms with E-state index in [1.165, 1.54) is 70.8 Å². The second kappa shape index (κ2) is 9.90. The maximum atomic E-state index is 6.13. The number of hydrogen-bond donors (Lipinski definition) is 2. The van der Waals surface area contributed by atoms with Gasteiger partial charge in [-0.3, -0.25) is 0 Å². The van der Waals surface area contributed by atoms with E-state index in [1.54, 1.807) is 0 Å². The summed E-state index contributed by atoms with van der Waals surface area (Å²) in [6.07, 6.45) is 13.6. The molecule has 2 heteroatoms. The van der Waals surface area contributed by atoms with E-state index in [9.17, 15) is 0 Å². The van der Waals surface area contributed by atoms with Crippen molar-refractivity contribution in [3.63, 3.8) is 0 Å². The minimum Gasteiger partial charge on any atom is -0.327 e. The van der Waals surface area contributed by atoms with Crippen LogP contribution in [0.15, 0.2) is 0 Å². The highest BCUT2D eigenvalue weighted by Crippen LogP contribution is 2.22. The van der Waals surface area contributed by atoms with Crippen LogP contribution in [0.3, 0.4) is 0 Å². The quantitative estimate of drug-likeness (QED) is 0.606. The largest absolute Gasteiger partial charge is 0.327 e. The van der Waals surface area contributed by atoms with Crippen LogP contribution in [0.2, 0.25) is 0 Å². The molecule has 0 aromatic rings. The summed E-state index contributed by atoms with van der Waals surface area (Å²) in [4.78, 5) is 0. The first-order valence-corrected chi connectivity index (χ1v) is 7.81. The van der Waals surface area contributed by atoms with E-state index in [0.717, 1.165) is 12.5 Å². The Bertz CT molecular complexity index is 170. The number of nitrogens with one attached hydrogen (secondary N) is 1. The molecule has 1 rings (SSSR count). The van der Waals surface area contributed by atoms with Crippen molar-refractivity contribution in [3.8, 4) is 0 Å². The van der Waals surface area contributed by atoms with Gasteiger partial charge in [-0.05, 0) is 38.3 Å². The van der Waals surface area contributed by atoms with Gasteiger partial charge >= 0.3 is 0 Å². The van der Waals surface area contributed by atoms with Crippen molar-refractivity contribution in [2.45, 2.75) is 77.2 Å². The summed E-state index contributed by atoms with van der Waals surface area (Å²) in [6, 6.07) is 0.459. The third-order valence-electron chi connectivity index (χ3n) is 4.08. The van der Waals surface area contributed by atoms with E-state index in [-0.39, 0.29) is 0 Å². The van der Waals surface area contributed by atoms with E-state index in [2.05, 4.69) is 12.2 Å². The molecule has 0 heterocycles.